The van der Waals surface area contributed by atoms with E-state index in [-0.39, 0.29) is 5.41 Å². The summed E-state index contributed by atoms with van der Waals surface area (Å²) < 4.78 is 0. The highest BCUT2D eigenvalue weighted by Crippen LogP contribution is 2.21. The van der Waals surface area contributed by atoms with Gasteiger partial charge in [0.1, 0.15) is 0 Å². The van der Waals surface area contributed by atoms with Crippen molar-refractivity contribution in [2.45, 2.75) is 53.0 Å². The summed E-state index contributed by atoms with van der Waals surface area (Å²) in [6.07, 6.45) is 3.21. The van der Waals surface area contributed by atoms with Gasteiger partial charge in [0.25, 0.3) is 0 Å². The first kappa shape index (κ1) is 15.7. The van der Waals surface area contributed by atoms with E-state index in [0.29, 0.717) is 6.04 Å². The van der Waals surface area contributed by atoms with Crippen LogP contribution in [0, 0.1) is 23.7 Å². The molecule has 1 aromatic carbocycles. The number of unbranched alkanes of at least 4 members (excludes halogenated alkanes) is 1. The lowest BCUT2D eigenvalue weighted by Gasteiger charge is -2.16. The molecule has 0 aliphatic carbocycles. The lowest BCUT2D eigenvalue weighted by molar-refractivity contribution is 0.418. The second-order valence-electron chi connectivity index (χ2n) is 6.04. The van der Waals surface area contributed by atoms with Gasteiger partial charge in [-0.05, 0) is 52.6 Å². The number of hydrogen-bond donors (Lipinski definition) is 1. The molecule has 2 heteroatoms. The summed E-state index contributed by atoms with van der Waals surface area (Å²) in [7, 11) is 0. The number of aryl methyl sites for hydroxylation is 1. The quantitative estimate of drug-likeness (QED) is 0.737. The Morgan fingerprint density at radius 1 is 1.21 bits per heavy atom. The molecule has 0 spiro atoms. The first-order chi connectivity index (χ1) is 8.94. The molecule has 0 unspecified atom stereocenters. The molecule has 0 aliphatic heterocycles. The van der Waals surface area contributed by atoms with Crippen molar-refractivity contribution in [1.29, 1.82) is 5.26 Å². The topological polar surface area (TPSA) is 35.8 Å². The zero-order valence-corrected chi connectivity index (χ0v) is 12.7. The summed E-state index contributed by atoms with van der Waals surface area (Å²) in [4.78, 5) is 0. The van der Waals surface area contributed by atoms with Crippen molar-refractivity contribution in [3.63, 3.8) is 0 Å². The van der Waals surface area contributed by atoms with Crippen molar-refractivity contribution in [1.82, 2.24) is 5.32 Å². The SMILES string of the molecule is Cc1ccc([C@H](C)NCCCCC(C)(C)C#N)cc1. The van der Waals surface area contributed by atoms with Gasteiger partial charge in [-0.15, -0.1) is 0 Å². The minimum Gasteiger partial charge on any atom is -0.310 e. The van der Waals surface area contributed by atoms with Crippen molar-refractivity contribution in [3.05, 3.63) is 35.4 Å². The van der Waals surface area contributed by atoms with Gasteiger partial charge in [0.2, 0.25) is 0 Å². The van der Waals surface area contributed by atoms with E-state index in [1.807, 2.05) is 13.8 Å². The van der Waals surface area contributed by atoms with E-state index in [2.05, 4.69) is 49.5 Å². The van der Waals surface area contributed by atoms with E-state index >= 15 is 0 Å². The normalized spacial score (nSPS) is 13.0. The Labute approximate surface area is 117 Å². The third-order valence-electron chi connectivity index (χ3n) is 3.56. The van der Waals surface area contributed by atoms with Gasteiger partial charge in [0.15, 0.2) is 0 Å². The van der Waals surface area contributed by atoms with Crippen LogP contribution in [0.2, 0.25) is 0 Å². The Bertz CT molecular complexity index is 412. The monoisotopic (exact) mass is 258 g/mol. The molecule has 104 valence electrons. The van der Waals surface area contributed by atoms with Gasteiger partial charge in [-0.1, -0.05) is 36.2 Å². The molecule has 1 atom stereocenters. The summed E-state index contributed by atoms with van der Waals surface area (Å²) in [5.41, 5.74) is 2.46. The van der Waals surface area contributed by atoms with Gasteiger partial charge in [-0.2, -0.15) is 5.26 Å². The lowest BCUT2D eigenvalue weighted by atomic mass is 9.89. The number of rotatable bonds is 7. The molecule has 0 heterocycles. The molecule has 19 heavy (non-hydrogen) atoms. The Morgan fingerprint density at radius 3 is 2.42 bits per heavy atom. The standard InChI is InChI=1S/C17H26N2/c1-14-7-9-16(10-8-14)15(2)19-12-6-5-11-17(3,4)13-18/h7-10,15,19H,5-6,11-12H2,1-4H3/t15-/m0/s1. The fourth-order valence-corrected chi connectivity index (χ4v) is 2.04. The van der Waals surface area contributed by atoms with Crippen LogP contribution < -0.4 is 5.32 Å². The van der Waals surface area contributed by atoms with E-state index in [1.165, 1.54) is 11.1 Å². The van der Waals surface area contributed by atoms with E-state index in [1.54, 1.807) is 0 Å². The summed E-state index contributed by atoms with van der Waals surface area (Å²) in [5, 5.41) is 12.5. The summed E-state index contributed by atoms with van der Waals surface area (Å²) in [6.45, 7) is 9.34. The molecule has 0 fully saturated rings. The highest BCUT2D eigenvalue weighted by atomic mass is 14.9. The number of nitriles is 1. The van der Waals surface area contributed by atoms with Gasteiger partial charge in [-0.3, -0.25) is 0 Å². The second-order valence-corrected chi connectivity index (χ2v) is 6.04. The van der Waals surface area contributed by atoms with E-state index in [0.717, 1.165) is 25.8 Å². The Kier molecular flexibility index (Phi) is 6.05. The number of hydrogen-bond acceptors (Lipinski definition) is 2. The highest BCUT2D eigenvalue weighted by molar-refractivity contribution is 5.23. The molecular weight excluding hydrogens is 232 g/mol. The zero-order valence-electron chi connectivity index (χ0n) is 12.7. The summed E-state index contributed by atoms with van der Waals surface area (Å²) >= 11 is 0. The molecule has 1 aromatic rings. The Morgan fingerprint density at radius 2 is 1.84 bits per heavy atom. The van der Waals surface area contributed by atoms with Crippen molar-refractivity contribution in [3.8, 4) is 6.07 Å². The number of nitrogens with one attached hydrogen (secondary N) is 1. The van der Waals surface area contributed by atoms with Gasteiger partial charge in [0, 0.05) is 6.04 Å². The summed E-state index contributed by atoms with van der Waals surface area (Å²) in [6, 6.07) is 11.4. The van der Waals surface area contributed by atoms with Crippen LogP contribution in [0.15, 0.2) is 24.3 Å². The molecule has 0 aromatic heterocycles. The molecule has 0 amide bonds. The van der Waals surface area contributed by atoms with Crippen LogP contribution in [0.1, 0.15) is 57.2 Å². The van der Waals surface area contributed by atoms with Gasteiger partial charge in [0.05, 0.1) is 11.5 Å². The third kappa shape index (κ3) is 5.89. The maximum atomic E-state index is 8.94. The third-order valence-corrected chi connectivity index (χ3v) is 3.56. The molecule has 1 rings (SSSR count). The van der Waals surface area contributed by atoms with Crippen LogP contribution in [-0.4, -0.2) is 6.54 Å². The molecule has 2 nitrogen and oxygen atoms in total. The van der Waals surface area contributed by atoms with E-state index in [4.69, 9.17) is 5.26 Å². The molecule has 0 saturated heterocycles. The average Bonchev–Trinajstić information content (AvgIpc) is 2.39. The number of nitrogens with zero attached hydrogens (tertiary/aromatic N) is 1. The van der Waals surface area contributed by atoms with Crippen LogP contribution in [0.5, 0.6) is 0 Å². The largest absolute Gasteiger partial charge is 0.310 e. The fraction of sp³-hybridized carbons (Fsp3) is 0.588. The van der Waals surface area contributed by atoms with Crippen LogP contribution >= 0.6 is 0 Å². The second kappa shape index (κ2) is 7.31. The lowest BCUT2D eigenvalue weighted by Crippen LogP contribution is -2.20. The molecule has 0 aliphatic rings. The fourth-order valence-electron chi connectivity index (χ4n) is 2.04. The van der Waals surface area contributed by atoms with Crippen LogP contribution in [0.3, 0.4) is 0 Å². The minimum absolute atomic E-state index is 0.178. The van der Waals surface area contributed by atoms with Crippen molar-refractivity contribution in [2.24, 2.45) is 5.41 Å². The van der Waals surface area contributed by atoms with Crippen molar-refractivity contribution >= 4 is 0 Å². The minimum atomic E-state index is -0.178. The van der Waals surface area contributed by atoms with Gasteiger partial charge >= 0.3 is 0 Å². The van der Waals surface area contributed by atoms with E-state index < -0.39 is 0 Å². The first-order valence-corrected chi connectivity index (χ1v) is 7.16. The smallest absolute Gasteiger partial charge is 0.0683 e. The highest BCUT2D eigenvalue weighted by Gasteiger charge is 2.15. The maximum absolute atomic E-state index is 8.94. The predicted octanol–water partition coefficient (Wildman–Crippen LogP) is 4.37. The van der Waals surface area contributed by atoms with Crippen LogP contribution in [-0.2, 0) is 0 Å². The summed E-state index contributed by atoms with van der Waals surface area (Å²) in [5.74, 6) is 0. The molecule has 0 saturated carbocycles. The van der Waals surface area contributed by atoms with Gasteiger partial charge in [-0.25, -0.2) is 0 Å². The van der Waals surface area contributed by atoms with Crippen LogP contribution in [0.4, 0.5) is 0 Å². The maximum Gasteiger partial charge on any atom is 0.0683 e. The Hall–Kier alpha value is -1.33. The predicted molar refractivity (Wildman–Crippen MR) is 80.8 cm³/mol. The number of benzene rings is 1. The Balaban J connectivity index is 2.23. The first-order valence-electron chi connectivity index (χ1n) is 7.16. The van der Waals surface area contributed by atoms with E-state index in [9.17, 15) is 0 Å². The van der Waals surface area contributed by atoms with Crippen LogP contribution in [0.25, 0.3) is 0 Å². The zero-order chi connectivity index (χ0) is 14.3. The molecule has 1 N–H and O–H groups in total. The molecule has 0 radical (unpaired) electrons. The van der Waals surface area contributed by atoms with Gasteiger partial charge < -0.3 is 5.32 Å². The van der Waals surface area contributed by atoms with Crippen molar-refractivity contribution in [2.75, 3.05) is 6.54 Å². The average molecular weight is 258 g/mol. The van der Waals surface area contributed by atoms with Crippen molar-refractivity contribution < 1.29 is 0 Å². The molecule has 0 bridgehead atoms. The molecular formula is C17H26N2.